The minimum Gasteiger partial charge on any atom is -0.444 e. The number of ether oxygens (including phenoxy) is 3. The van der Waals surface area contributed by atoms with Crippen LogP contribution in [0.1, 0.15) is 96.8 Å². The predicted molar refractivity (Wildman–Crippen MR) is 447 cm³/mol. The minimum atomic E-state index is -0.791. The maximum Gasteiger partial charge on any atom is 0.412 e. The molecule has 0 unspecified atom stereocenters. The van der Waals surface area contributed by atoms with Gasteiger partial charge in [0.05, 0.1) is 28.0 Å². The molecule has 3 saturated heterocycles. The third kappa shape index (κ3) is 25.1. The van der Waals surface area contributed by atoms with E-state index in [1.165, 1.54) is 24.3 Å². The Kier molecular flexibility index (Phi) is 31.6. The molecule has 3 fully saturated rings. The summed E-state index contributed by atoms with van der Waals surface area (Å²) in [5.41, 5.74) is 10.2. The van der Waals surface area contributed by atoms with Crippen LogP contribution in [0.25, 0.3) is 49.8 Å². The fourth-order valence-corrected chi connectivity index (χ4v) is 13.0. The second-order valence-corrected chi connectivity index (χ2v) is 30.1. The molecule has 6 heterocycles. The van der Waals surface area contributed by atoms with Crippen molar-refractivity contribution < 1.29 is 43.1 Å². The van der Waals surface area contributed by atoms with Gasteiger partial charge in [-0.1, -0.05) is 89.4 Å². The van der Waals surface area contributed by atoms with Crippen molar-refractivity contribution in [2.45, 2.75) is 129 Å². The van der Waals surface area contributed by atoms with E-state index in [9.17, 15) is 48.5 Å². The number of rotatable bonds is 13. The van der Waals surface area contributed by atoms with E-state index in [1.54, 1.807) is 83.0 Å². The number of fused-ring (bicyclic) bond motifs is 3. The zero-order valence-corrected chi connectivity index (χ0v) is 67.2. The smallest absolute Gasteiger partial charge is 0.412 e. The van der Waals surface area contributed by atoms with Crippen LogP contribution in [-0.2, 0) is 29.1 Å². The molecular formula is C82H92Cl5N13O13. The van der Waals surface area contributed by atoms with Crippen LogP contribution in [0.4, 0.5) is 29.7 Å². The number of hydrogen-bond acceptors (Lipinski definition) is 15. The number of carbonyl (C=O) groups is 5. The van der Waals surface area contributed by atoms with Gasteiger partial charge in [0.1, 0.15) is 17.0 Å². The Hall–Kier alpha value is -10.7. The number of hydrogen-bond donors (Lipinski definition) is 7. The van der Waals surface area contributed by atoms with Crippen molar-refractivity contribution in [2.75, 3.05) is 39.3 Å². The van der Waals surface area contributed by atoms with Gasteiger partial charge in [0.25, 0.3) is 5.69 Å². The Bertz CT molecular complexity index is 5140. The van der Waals surface area contributed by atoms with Crippen LogP contribution in [-0.4, -0.2) is 127 Å². The SMILES string of the molecule is CC(C)(C)OC(=O)N1CCC(N)CC1.CC(C)(C)OC(=O)N1CCC(NC(=O)NCc2cn(-c3ccccc3)c3cc(Cl)ccc3c2=O)CC1.Cl.Cl.O=C(NCc1cn(-c2ccccc2)c2cc(Cl)ccc2c1=O)NC1CCNCC1.O=C(NCc1cn(-c2ccccc2)c2cc(Cl)ccc2c1=O)Oc1ccc([N+](=O)[O-])cc1. The molecular weight excluding hydrogens is 1550 g/mol. The van der Waals surface area contributed by atoms with Crippen LogP contribution in [0.3, 0.4) is 0 Å². The number of nitro groups is 1. The van der Waals surface area contributed by atoms with Gasteiger partial charge in [0.15, 0.2) is 16.3 Å². The van der Waals surface area contributed by atoms with Crippen LogP contribution in [0.5, 0.6) is 5.75 Å². The number of halogens is 5. The Morgan fingerprint density at radius 3 is 1.17 bits per heavy atom. The summed E-state index contributed by atoms with van der Waals surface area (Å²) in [6.07, 6.45) is 8.66. The van der Waals surface area contributed by atoms with Gasteiger partial charge in [-0.2, -0.15) is 0 Å². The summed E-state index contributed by atoms with van der Waals surface area (Å²) in [5, 5.41) is 31.3. The second kappa shape index (κ2) is 40.7. The highest BCUT2D eigenvalue weighted by Crippen LogP contribution is 2.27. The van der Waals surface area contributed by atoms with Crippen LogP contribution in [0.15, 0.2) is 203 Å². The molecule has 3 aliphatic rings. The molecule has 113 heavy (non-hydrogen) atoms. The highest BCUT2D eigenvalue weighted by atomic mass is 35.5. The third-order valence-corrected chi connectivity index (χ3v) is 18.8. The van der Waals surface area contributed by atoms with Gasteiger partial charge < -0.3 is 75.3 Å². The van der Waals surface area contributed by atoms with E-state index in [0.717, 1.165) is 74.4 Å². The zero-order chi connectivity index (χ0) is 79.5. The average Bonchev–Trinajstić information content (AvgIpc) is 0.782. The average molecular weight is 1640 g/mol. The number of likely N-dealkylation sites (tertiary alicyclic amines) is 2. The minimum absolute atomic E-state index is 0. The highest BCUT2D eigenvalue weighted by molar-refractivity contribution is 6.32. The fourth-order valence-electron chi connectivity index (χ4n) is 12.5. The molecule has 3 aliphatic heterocycles. The second-order valence-electron chi connectivity index (χ2n) is 28.8. The number of para-hydroxylation sites is 3. The van der Waals surface area contributed by atoms with E-state index in [-0.39, 0.29) is 115 Å². The Balaban J connectivity index is 0.000000195. The van der Waals surface area contributed by atoms with E-state index in [0.29, 0.717) is 84.9 Å². The number of piperidine rings is 3. The summed E-state index contributed by atoms with van der Waals surface area (Å²) >= 11 is 18.5. The number of benzene rings is 7. The van der Waals surface area contributed by atoms with Crippen LogP contribution >= 0.6 is 59.6 Å². The lowest BCUT2D eigenvalue weighted by molar-refractivity contribution is -0.384. The Morgan fingerprint density at radius 2 is 0.823 bits per heavy atom. The summed E-state index contributed by atoms with van der Waals surface area (Å²) in [7, 11) is 0. The number of nitrogens with one attached hydrogen (secondary N) is 6. The first kappa shape index (κ1) is 87.9. The van der Waals surface area contributed by atoms with E-state index in [1.807, 2.05) is 146 Å². The molecule has 598 valence electrons. The van der Waals surface area contributed by atoms with Gasteiger partial charge in [-0.15, -0.1) is 24.8 Å². The summed E-state index contributed by atoms with van der Waals surface area (Å²) in [5.74, 6) is 0.142. The monoisotopic (exact) mass is 1640 g/mol. The molecule has 0 aliphatic carbocycles. The lowest BCUT2D eigenvalue weighted by atomic mass is 10.1. The molecule has 0 bridgehead atoms. The molecule has 8 N–H and O–H groups in total. The predicted octanol–water partition coefficient (Wildman–Crippen LogP) is 15.1. The van der Waals surface area contributed by atoms with Crippen molar-refractivity contribution in [1.82, 2.24) is 55.4 Å². The lowest BCUT2D eigenvalue weighted by Crippen LogP contribution is -2.49. The molecule has 31 heteroatoms. The standard InChI is InChI=1S/C27H31ClN4O4.C23H16ClN3O5.C22H23ClN4O2.C10H20N2O2.2ClH/c1-27(2,3)36-26(35)31-13-11-20(12-14-31)30-25(34)29-16-18-17-32(21-7-5-4-6-8-21)23-15-19(28)9-10-22(23)24(18)33;24-16-6-11-20-21(12-16)26(17-4-2-1-3-5-17)14-15(22(20)28)13-25-23(29)32-19-9-7-18(8-10-19)27(30)31;23-16-6-7-19-20(12-16)27(18-4-2-1-3-5-18)14-15(21(19)28)13-25-22(29)26-17-8-10-24-11-9-17;1-10(2,3)14-9(13)12-6-4-8(11)5-7-12;;/h4-10,15,17,20H,11-14,16H2,1-3H3,(H2,29,30,34);1-12,14H,13H2,(H,25,29);1-7,12,14,17,24H,8-11,13H2,(H2,25,26,29);8H,4-7,11H2,1-3H3;2*1H. The number of nitrogens with two attached hydrogens (primary N) is 1. The maximum atomic E-state index is 13.1. The Morgan fingerprint density at radius 1 is 0.487 bits per heavy atom. The fraction of sp³-hybridized carbons (Fsp3) is 0.317. The number of aromatic nitrogens is 3. The van der Waals surface area contributed by atoms with Gasteiger partial charge in [0, 0.05) is 153 Å². The van der Waals surface area contributed by atoms with Crippen molar-refractivity contribution in [3.63, 3.8) is 0 Å². The van der Waals surface area contributed by atoms with Gasteiger partial charge in [0.2, 0.25) is 0 Å². The van der Waals surface area contributed by atoms with Crippen molar-refractivity contribution in [3.05, 3.63) is 261 Å². The van der Waals surface area contributed by atoms with E-state index >= 15 is 0 Å². The molecule has 7 amide bonds. The molecule has 0 saturated carbocycles. The van der Waals surface area contributed by atoms with E-state index in [2.05, 4.69) is 31.9 Å². The summed E-state index contributed by atoms with van der Waals surface area (Å²) < 4.78 is 21.5. The lowest BCUT2D eigenvalue weighted by Gasteiger charge is -2.33. The first-order chi connectivity index (χ1) is 53.0. The third-order valence-electron chi connectivity index (χ3n) is 18.1. The largest absolute Gasteiger partial charge is 0.444 e. The quantitative estimate of drug-likeness (QED) is 0.0417. The van der Waals surface area contributed by atoms with Gasteiger partial charge >= 0.3 is 30.3 Å². The number of pyridine rings is 3. The molecule has 10 aromatic rings. The number of non-ortho nitro benzene ring substituents is 1. The van der Waals surface area contributed by atoms with Gasteiger partial charge in [-0.3, -0.25) is 24.5 Å². The van der Waals surface area contributed by atoms with E-state index < -0.39 is 22.2 Å². The zero-order valence-electron chi connectivity index (χ0n) is 63.3. The molecule has 0 spiro atoms. The Labute approximate surface area is 680 Å². The van der Waals surface area contributed by atoms with Crippen molar-refractivity contribution in [3.8, 4) is 22.8 Å². The van der Waals surface area contributed by atoms with Crippen LogP contribution in [0.2, 0.25) is 15.1 Å². The number of carbonyl (C=O) groups excluding carboxylic acids is 5. The number of amides is 7. The van der Waals surface area contributed by atoms with E-state index in [4.69, 9.17) is 54.7 Å². The normalized spacial score (nSPS) is 13.8. The summed E-state index contributed by atoms with van der Waals surface area (Å²) in [4.78, 5) is 114. The first-order valence-electron chi connectivity index (χ1n) is 36.4. The van der Waals surface area contributed by atoms with Crippen molar-refractivity contribution in [2.24, 2.45) is 5.73 Å². The van der Waals surface area contributed by atoms with Crippen molar-refractivity contribution >= 4 is 128 Å². The highest BCUT2D eigenvalue weighted by Gasteiger charge is 2.29. The first-order valence-corrected chi connectivity index (χ1v) is 37.5. The molecule has 7 aromatic carbocycles. The number of urea groups is 2. The molecule has 3 aromatic heterocycles. The van der Waals surface area contributed by atoms with Crippen LogP contribution in [0, 0.1) is 10.1 Å². The molecule has 0 atom stereocenters. The van der Waals surface area contributed by atoms with Gasteiger partial charge in [-0.25, -0.2) is 24.0 Å². The van der Waals surface area contributed by atoms with Crippen molar-refractivity contribution in [1.29, 1.82) is 0 Å². The summed E-state index contributed by atoms with van der Waals surface area (Å²) in [6, 6.07) is 49.1. The summed E-state index contributed by atoms with van der Waals surface area (Å²) in [6.45, 7) is 15.6. The van der Waals surface area contributed by atoms with Crippen LogP contribution < -0.4 is 58.7 Å². The number of nitro benzene ring substituents is 1. The molecule has 26 nitrogen and oxygen atoms in total. The van der Waals surface area contributed by atoms with Gasteiger partial charge in [-0.05, 0) is 196 Å². The number of nitrogens with zero attached hydrogens (tertiary/aromatic N) is 6. The molecule has 13 rings (SSSR count). The molecule has 0 radical (unpaired) electrons. The topological polar surface area (TPSA) is 327 Å². The maximum absolute atomic E-state index is 13.1.